The van der Waals surface area contributed by atoms with E-state index in [0.29, 0.717) is 18.7 Å². The van der Waals surface area contributed by atoms with Crippen LogP contribution in [0.25, 0.3) is 0 Å². The molecule has 4 rings (SSSR count). The van der Waals surface area contributed by atoms with E-state index < -0.39 is 29.1 Å². The van der Waals surface area contributed by atoms with Gasteiger partial charge in [-0.2, -0.15) is 0 Å². The van der Waals surface area contributed by atoms with E-state index in [1.165, 1.54) is 4.90 Å². The van der Waals surface area contributed by atoms with Gasteiger partial charge in [-0.05, 0) is 50.7 Å². The van der Waals surface area contributed by atoms with Gasteiger partial charge in [-0.3, -0.25) is 14.4 Å². The summed E-state index contributed by atoms with van der Waals surface area (Å²) in [4.78, 5) is 42.1. The highest BCUT2D eigenvalue weighted by Crippen LogP contribution is 2.65. The van der Waals surface area contributed by atoms with E-state index in [1.807, 2.05) is 52.8 Å². The molecule has 1 spiro atoms. The molecule has 180 valence electrons. The van der Waals surface area contributed by atoms with Gasteiger partial charge >= 0.3 is 0 Å². The molecular formula is C25H35N3O5. The number of likely N-dealkylation sites (tertiary alicyclic amines) is 1. The van der Waals surface area contributed by atoms with Gasteiger partial charge in [0.05, 0.1) is 24.0 Å². The van der Waals surface area contributed by atoms with E-state index in [4.69, 9.17) is 4.74 Å². The van der Waals surface area contributed by atoms with Crippen LogP contribution in [0.15, 0.2) is 18.2 Å². The Labute approximate surface area is 195 Å². The van der Waals surface area contributed by atoms with Crippen molar-refractivity contribution in [3.05, 3.63) is 29.3 Å². The predicted octanol–water partition coefficient (Wildman–Crippen LogP) is 1.77. The third kappa shape index (κ3) is 3.37. The van der Waals surface area contributed by atoms with Gasteiger partial charge in [0.15, 0.2) is 0 Å². The molecule has 2 bridgehead atoms. The molecule has 3 N–H and O–H groups in total. The number of rotatable bonds is 7. The van der Waals surface area contributed by atoms with Crippen LogP contribution in [0.5, 0.6) is 0 Å². The van der Waals surface area contributed by atoms with Crippen LogP contribution in [0.2, 0.25) is 0 Å². The summed E-state index contributed by atoms with van der Waals surface area (Å²) in [6.45, 7) is 9.98. The molecule has 3 amide bonds. The molecule has 6 atom stereocenters. The number of nitrogens with zero attached hydrogens (tertiary/aromatic N) is 1. The van der Waals surface area contributed by atoms with E-state index in [1.54, 1.807) is 0 Å². The molecule has 3 saturated heterocycles. The summed E-state index contributed by atoms with van der Waals surface area (Å²) in [5, 5.41) is 15.7. The van der Waals surface area contributed by atoms with Crippen molar-refractivity contribution in [3.8, 4) is 0 Å². The second-order valence-corrected chi connectivity index (χ2v) is 10.0. The summed E-state index contributed by atoms with van der Waals surface area (Å²) in [6.07, 6.45) is 1.29. The number of nitrogens with one attached hydrogen (secondary N) is 2. The Balaban J connectivity index is 1.76. The van der Waals surface area contributed by atoms with Crippen molar-refractivity contribution < 1.29 is 24.2 Å². The Bertz CT molecular complexity index is 961. The zero-order valence-corrected chi connectivity index (χ0v) is 20.1. The first kappa shape index (κ1) is 23.7. The molecule has 0 radical (unpaired) electrons. The molecule has 0 saturated carbocycles. The van der Waals surface area contributed by atoms with Crippen molar-refractivity contribution in [1.29, 1.82) is 0 Å². The molecular weight excluding hydrogens is 422 g/mol. The van der Waals surface area contributed by atoms with Gasteiger partial charge in [0.25, 0.3) is 0 Å². The maximum atomic E-state index is 13.8. The number of aryl methyl sites for hydroxylation is 2. The number of para-hydroxylation sites is 1. The molecule has 1 aromatic carbocycles. The van der Waals surface area contributed by atoms with Crippen LogP contribution in [-0.2, 0) is 19.1 Å². The van der Waals surface area contributed by atoms with Gasteiger partial charge < -0.3 is 25.4 Å². The molecule has 3 fully saturated rings. The molecule has 8 nitrogen and oxygen atoms in total. The van der Waals surface area contributed by atoms with E-state index in [0.717, 1.165) is 17.5 Å². The number of carbonyl (C=O) groups is 3. The number of hydrogen-bond acceptors (Lipinski definition) is 5. The number of hydrogen-bond donors (Lipinski definition) is 3. The van der Waals surface area contributed by atoms with E-state index >= 15 is 0 Å². The van der Waals surface area contributed by atoms with Crippen molar-refractivity contribution in [2.45, 2.75) is 64.7 Å². The SMILES string of the molecule is CCCNC(=O)[C@H]1[C@H]2C(=O)N(CCO)C(C(=O)Nc3c(C)cccc3C)C23CC(C)[C@]1(C)O3. The Hall–Kier alpha value is -2.45. The zero-order chi connectivity index (χ0) is 24.1. The van der Waals surface area contributed by atoms with Crippen LogP contribution in [0, 0.1) is 31.6 Å². The average molecular weight is 458 g/mol. The van der Waals surface area contributed by atoms with E-state index in [-0.39, 0.29) is 36.8 Å². The van der Waals surface area contributed by atoms with E-state index in [9.17, 15) is 19.5 Å². The molecule has 3 heterocycles. The fraction of sp³-hybridized carbons (Fsp3) is 0.640. The number of aliphatic hydroxyl groups is 1. The minimum atomic E-state index is -1.10. The van der Waals surface area contributed by atoms with Crippen molar-refractivity contribution in [3.63, 3.8) is 0 Å². The van der Waals surface area contributed by atoms with E-state index in [2.05, 4.69) is 10.6 Å². The first-order valence-corrected chi connectivity index (χ1v) is 11.9. The lowest BCUT2D eigenvalue weighted by molar-refractivity contribution is -0.146. The lowest BCUT2D eigenvalue weighted by Gasteiger charge is -2.36. The number of carbonyl (C=O) groups excluding carboxylic acids is 3. The number of amides is 3. The third-order valence-electron chi connectivity index (χ3n) is 7.96. The Morgan fingerprint density at radius 3 is 2.52 bits per heavy atom. The van der Waals surface area contributed by atoms with Crippen LogP contribution in [0.1, 0.15) is 44.7 Å². The molecule has 3 aliphatic rings. The molecule has 1 aromatic rings. The second-order valence-electron chi connectivity index (χ2n) is 10.0. The summed E-state index contributed by atoms with van der Waals surface area (Å²) in [5.41, 5.74) is 0.617. The zero-order valence-electron chi connectivity index (χ0n) is 20.1. The Morgan fingerprint density at radius 2 is 1.91 bits per heavy atom. The highest BCUT2D eigenvalue weighted by molar-refractivity contribution is 6.04. The maximum absolute atomic E-state index is 13.8. The molecule has 0 aromatic heterocycles. The lowest BCUT2D eigenvalue weighted by atomic mass is 9.62. The van der Waals surface area contributed by atoms with Crippen molar-refractivity contribution >= 4 is 23.4 Å². The quantitative estimate of drug-likeness (QED) is 0.578. The number of anilines is 1. The second kappa shape index (κ2) is 8.40. The maximum Gasteiger partial charge on any atom is 0.250 e. The standard InChI is InChI=1S/C25H35N3O5/c1-6-10-26-21(30)17-18-23(32)28(11-12-29)20(25(18)13-16(4)24(17,5)33-25)22(31)27-19-14(2)8-7-9-15(19)3/h7-9,16-18,20,29H,6,10-13H2,1-5H3,(H,26,30)(H,27,31)/t16?,17-,18+,20?,24+,25?/m1/s1. The smallest absolute Gasteiger partial charge is 0.250 e. The minimum absolute atomic E-state index is 0.0106. The normalized spacial score (nSPS) is 34.5. The van der Waals surface area contributed by atoms with Crippen molar-refractivity contribution in [2.75, 3.05) is 25.0 Å². The number of β-amino-alcohol motifs (C(OH)–C–C–N with tert-alkyl or cyclic N) is 1. The summed E-state index contributed by atoms with van der Waals surface area (Å²) in [5.74, 6) is -2.29. The van der Waals surface area contributed by atoms with Gasteiger partial charge in [-0.1, -0.05) is 32.0 Å². The van der Waals surface area contributed by atoms with Gasteiger partial charge in [-0.25, -0.2) is 0 Å². The average Bonchev–Trinajstić information content (AvgIpc) is 3.26. The number of benzene rings is 1. The number of fused-ring (bicyclic) bond motifs is 1. The van der Waals surface area contributed by atoms with Crippen LogP contribution >= 0.6 is 0 Å². The summed E-state index contributed by atoms with van der Waals surface area (Å²) in [7, 11) is 0. The number of ether oxygens (including phenoxy) is 1. The monoisotopic (exact) mass is 457 g/mol. The fourth-order valence-electron chi connectivity index (χ4n) is 6.35. The lowest BCUT2D eigenvalue weighted by Crippen LogP contribution is -2.54. The van der Waals surface area contributed by atoms with Gasteiger partial charge in [-0.15, -0.1) is 0 Å². The molecule has 0 aliphatic carbocycles. The van der Waals surface area contributed by atoms with Crippen LogP contribution in [0.4, 0.5) is 5.69 Å². The van der Waals surface area contributed by atoms with Crippen molar-refractivity contribution in [2.24, 2.45) is 17.8 Å². The van der Waals surface area contributed by atoms with Gasteiger partial charge in [0.2, 0.25) is 17.7 Å². The van der Waals surface area contributed by atoms with Gasteiger partial charge in [0, 0.05) is 18.8 Å². The molecule has 3 aliphatic heterocycles. The number of aliphatic hydroxyl groups excluding tert-OH is 1. The third-order valence-corrected chi connectivity index (χ3v) is 7.96. The van der Waals surface area contributed by atoms with Crippen LogP contribution < -0.4 is 10.6 Å². The largest absolute Gasteiger partial charge is 0.395 e. The summed E-state index contributed by atoms with van der Waals surface area (Å²) >= 11 is 0. The van der Waals surface area contributed by atoms with Gasteiger partial charge in [0.1, 0.15) is 11.6 Å². The van der Waals surface area contributed by atoms with Crippen molar-refractivity contribution in [1.82, 2.24) is 10.2 Å². The molecule has 33 heavy (non-hydrogen) atoms. The highest BCUT2D eigenvalue weighted by Gasteiger charge is 2.79. The van der Waals surface area contributed by atoms with Crippen LogP contribution in [-0.4, -0.2) is 64.7 Å². The molecule has 8 heteroatoms. The minimum Gasteiger partial charge on any atom is -0.395 e. The topological polar surface area (TPSA) is 108 Å². The highest BCUT2D eigenvalue weighted by atomic mass is 16.5. The summed E-state index contributed by atoms with van der Waals surface area (Å²) in [6, 6.07) is 4.85. The Morgan fingerprint density at radius 1 is 1.24 bits per heavy atom. The fourth-order valence-corrected chi connectivity index (χ4v) is 6.35. The van der Waals surface area contributed by atoms with Crippen LogP contribution in [0.3, 0.4) is 0 Å². The summed E-state index contributed by atoms with van der Waals surface area (Å²) < 4.78 is 6.61. The Kier molecular flexibility index (Phi) is 6.03. The first-order valence-electron chi connectivity index (χ1n) is 11.9. The predicted molar refractivity (Wildman–Crippen MR) is 123 cm³/mol. The first-order chi connectivity index (χ1) is 15.6. The molecule has 3 unspecified atom stereocenters.